The number of fused-ring (bicyclic) bond motifs is 1. The first-order valence-corrected chi connectivity index (χ1v) is 17.7. The standard InChI is InChI=1S/C29H38N6OS2Si/c1-20(2)29(3,4)39(7,8)36-18-17-21-9-11-22(12-10-21)31-33-26-19-25-27(38-26)30-28(37-25)34-32-23-13-15-24(16-14-23)35(5)6/h9-16,19-20H,17-18H2,1-8H3. The van der Waals surface area contributed by atoms with Crippen molar-refractivity contribution in [1.29, 1.82) is 0 Å². The van der Waals surface area contributed by atoms with Gasteiger partial charge >= 0.3 is 0 Å². The molecule has 0 fully saturated rings. The number of thiazole rings is 1. The number of aromatic nitrogens is 1. The van der Waals surface area contributed by atoms with Crippen molar-refractivity contribution in [2.24, 2.45) is 26.4 Å². The average Bonchev–Trinajstić information content (AvgIpc) is 3.45. The van der Waals surface area contributed by atoms with Gasteiger partial charge in [0.2, 0.25) is 5.13 Å². The second-order valence-corrected chi connectivity index (χ2v) is 17.8. The van der Waals surface area contributed by atoms with Crippen molar-refractivity contribution >= 4 is 67.7 Å². The van der Waals surface area contributed by atoms with E-state index in [9.17, 15) is 0 Å². The lowest BCUT2D eigenvalue weighted by molar-refractivity contribution is 0.270. The summed E-state index contributed by atoms with van der Waals surface area (Å²) in [5.41, 5.74) is 4.00. The molecule has 4 rings (SSSR count). The Hall–Kier alpha value is -2.79. The number of hydrogen-bond donors (Lipinski definition) is 0. The maximum absolute atomic E-state index is 6.45. The fraction of sp³-hybridized carbons (Fsp3) is 0.414. The van der Waals surface area contributed by atoms with Crippen LogP contribution in [0.15, 0.2) is 75.1 Å². The molecule has 10 heteroatoms. The zero-order valence-corrected chi connectivity index (χ0v) is 26.7. The van der Waals surface area contributed by atoms with Gasteiger partial charge in [-0.25, -0.2) is 4.98 Å². The van der Waals surface area contributed by atoms with E-state index in [1.165, 1.54) is 28.2 Å². The van der Waals surface area contributed by atoms with E-state index >= 15 is 0 Å². The van der Waals surface area contributed by atoms with Gasteiger partial charge in [-0.15, -0.1) is 20.5 Å². The van der Waals surface area contributed by atoms with Crippen molar-refractivity contribution in [3.05, 3.63) is 60.2 Å². The number of azo groups is 2. The summed E-state index contributed by atoms with van der Waals surface area (Å²) in [7, 11) is 2.23. The Morgan fingerprint density at radius 1 is 0.897 bits per heavy atom. The maximum atomic E-state index is 6.45. The molecule has 2 aromatic carbocycles. The number of nitrogens with zero attached hydrogens (tertiary/aromatic N) is 6. The second kappa shape index (κ2) is 12.2. The lowest BCUT2D eigenvalue weighted by atomic mass is 9.99. The van der Waals surface area contributed by atoms with Gasteiger partial charge in [0.25, 0.3) is 0 Å². The highest BCUT2D eigenvalue weighted by Crippen LogP contribution is 2.44. The van der Waals surface area contributed by atoms with Gasteiger partial charge in [-0.2, -0.15) is 0 Å². The molecule has 0 aliphatic rings. The molecule has 0 aliphatic carbocycles. The highest BCUT2D eigenvalue weighted by Gasteiger charge is 2.43. The summed E-state index contributed by atoms with van der Waals surface area (Å²) < 4.78 is 7.49. The number of thiophene rings is 1. The molecule has 0 amide bonds. The highest BCUT2D eigenvalue weighted by atomic mass is 32.1. The molecule has 7 nitrogen and oxygen atoms in total. The van der Waals surface area contributed by atoms with E-state index in [0.717, 1.165) is 44.6 Å². The van der Waals surface area contributed by atoms with Crippen LogP contribution in [0.25, 0.3) is 9.53 Å². The summed E-state index contributed by atoms with van der Waals surface area (Å²) in [6.45, 7) is 14.7. The van der Waals surface area contributed by atoms with Gasteiger partial charge in [0.15, 0.2) is 8.32 Å². The molecule has 0 saturated heterocycles. The molecular formula is C29H38N6OS2Si. The molecule has 0 unspecified atom stereocenters. The predicted octanol–water partition coefficient (Wildman–Crippen LogP) is 10.5. The van der Waals surface area contributed by atoms with Gasteiger partial charge in [-0.05, 0) is 78.5 Å². The van der Waals surface area contributed by atoms with E-state index in [4.69, 9.17) is 4.43 Å². The van der Waals surface area contributed by atoms with E-state index in [-0.39, 0.29) is 5.04 Å². The smallest absolute Gasteiger partial charge is 0.231 e. The summed E-state index contributed by atoms with van der Waals surface area (Å²) in [6, 6.07) is 18.2. The number of hydrogen-bond acceptors (Lipinski definition) is 9. The molecular weight excluding hydrogens is 541 g/mol. The maximum Gasteiger partial charge on any atom is 0.231 e. The minimum atomic E-state index is -1.80. The third kappa shape index (κ3) is 7.24. The quantitative estimate of drug-likeness (QED) is 0.131. The first-order valence-electron chi connectivity index (χ1n) is 13.2. The molecule has 0 bridgehead atoms. The van der Waals surface area contributed by atoms with Gasteiger partial charge in [0.1, 0.15) is 9.83 Å². The van der Waals surface area contributed by atoms with E-state index in [1.807, 2.05) is 61.5 Å². The molecule has 0 saturated carbocycles. The Kier molecular flexibility index (Phi) is 9.10. The molecule has 2 aromatic heterocycles. The first kappa shape index (κ1) is 29.2. The number of rotatable bonds is 11. The molecule has 0 spiro atoms. The summed E-state index contributed by atoms with van der Waals surface area (Å²) in [4.78, 5) is 7.54. The minimum Gasteiger partial charge on any atom is -0.416 e. The topological polar surface area (TPSA) is 74.8 Å². The Bertz CT molecular complexity index is 1410. The molecule has 0 aliphatic heterocycles. The molecule has 206 valence electrons. The van der Waals surface area contributed by atoms with Crippen molar-refractivity contribution in [2.75, 3.05) is 25.6 Å². The fourth-order valence-corrected chi connectivity index (χ4v) is 8.09. The van der Waals surface area contributed by atoms with E-state index in [0.29, 0.717) is 11.0 Å². The third-order valence-electron chi connectivity index (χ3n) is 7.73. The lowest BCUT2D eigenvalue weighted by Crippen LogP contribution is -2.45. The van der Waals surface area contributed by atoms with Crippen LogP contribution in [0.5, 0.6) is 0 Å². The van der Waals surface area contributed by atoms with E-state index < -0.39 is 8.32 Å². The monoisotopic (exact) mass is 578 g/mol. The van der Waals surface area contributed by atoms with Crippen molar-refractivity contribution in [3.8, 4) is 0 Å². The molecule has 2 heterocycles. The molecule has 0 N–H and O–H groups in total. The van der Waals surface area contributed by atoms with Gasteiger partial charge < -0.3 is 9.33 Å². The van der Waals surface area contributed by atoms with Crippen molar-refractivity contribution in [2.45, 2.75) is 52.2 Å². The van der Waals surface area contributed by atoms with Crippen LogP contribution in [-0.4, -0.2) is 34.0 Å². The van der Waals surface area contributed by atoms with Crippen LogP contribution in [0.2, 0.25) is 18.1 Å². The summed E-state index contributed by atoms with van der Waals surface area (Å²) in [5.74, 6) is 0.600. The predicted molar refractivity (Wildman–Crippen MR) is 169 cm³/mol. The van der Waals surface area contributed by atoms with Crippen molar-refractivity contribution in [1.82, 2.24) is 4.98 Å². The van der Waals surface area contributed by atoms with Gasteiger partial charge in [-0.3, -0.25) is 0 Å². The number of anilines is 1. The Balaban J connectivity index is 1.31. The SMILES string of the molecule is CC(C)C(C)(C)[Si](C)(C)OCCc1ccc(N=Nc2cc3sc(N=Nc4ccc(N(C)C)cc4)nc3s2)cc1. The molecule has 0 radical (unpaired) electrons. The van der Waals surface area contributed by atoms with Crippen LogP contribution in [-0.2, 0) is 10.8 Å². The van der Waals surface area contributed by atoms with Crippen LogP contribution in [0.4, 0.5) is 27.2 Å². The lowest BCUT2D eigenvalue weighted by Gasteiger charge is -2.42. The second-order valence-electron chi connectivity index (χ2n) is 11.2. The normalized spacial score (nSPS) is 12.9. The first-order chi connectivity index (χ1) is 18.4. The van der Waals surface area contributed by atoms with E-state index in [1.54, 1.807) is 0 Å². The van der Waals surface area contributed by atoms with Crippen molar-refractivity contribution < 1.29 is 4.43 Å². The Morgan fingerprint density at radius 2 is 1.51 bits per heavy atom. The van der Waals surface area contributed by atoms with Crippen molar-refractivity contribution in [3.63, 3.8) is 0 Å². The van der Waals surface area contributed by atoms with Crippen LogP contribution < -0.4 is 4.90 Å². The van der Waals surface area contributed by atoms with Crippen LogP contribution in [0.3, 0.4) is 0 Å². The average molecular weight is 579 g/mol. The zero-order chi connectivity index (χ0) is 28.2. The van der Waals surface area contributed by atoms with Crippen LogP contribution in [0, 0.1) is 5.92 Å². The van der Waals surface area contributed by atoms with Crippen LogP contribution in [0.1, 0.15) is 33.3 Å². The Morgan fingerprint density at radius 3 is 2.10 bits per heavy atom. The fourth-order valence-electron chi connectivity index (χ4n) is 3.86. The largest absolute Gasteiger partial charge is 0.416 e. The summed E-state index contributed by atoms with van der Waals surface area (Å²) in [5, 5.41) is 19.2. The highest BCUT2D eigenvalue weighted by molar-refractivity contribution is 7.30. The number of benzene rings is 2. The van der Waals surface area contributed by atoms with Gasteiger partial charge in [0.05, 0.1) is 16.1 Å². The zero-order valence-electron chi connectivity index (χ0n) is 24.1. The van der Waals surface area contributed by atoms with Gasteiger partial charge in [0, 0.05) is 26.4 Å². The molecule has 4 aromatic rings. The third-order valence-corrected chi connectivity index (χ3v) is 14.3. The van der Waals surface area contributed by atoms with Gasteiger partial charge in [-0.1, -0.05) is 62.5 Å². The van der Waals surface area contributed by atoms with Crippen LogP contribution >= 0.6 is 22.7 Å². The minimum absolute atomic E-state index is 0.230. The summed E-state index contributed by atoms with van der Waals surface area (Å²) >= 11 is 3.00. The van der Waals surface area contributed by atoms with E-state index in [2.05, 4.69) is 78.4 Å². The molecule has 39 heavy (non-hydrogen) atoms. The Labute approximate surface area is 240 Å². The molecule has 0 atom stereocenters. The summed E-state index contributed by atoms with van der Waals surface area (Å²) in [6.07, 6.45) is 0.899.